The number of quaternary nitrogens is 1. The SMILES string of the molecule is C[C@@H](C(=O)N1CCCC1)[NH+]1CCN(S(=O)(=O)c2ccccc2Cl)CC1. The van der Waals surface area contributed by atoms with Crippen molar-refractivity contribution in [3.63, 3.8) is 0 Å². The van der Waals surface area contributed by atoms with E-state index in [1.165, 1.54) is 10.4 Å². The van der Waals surface area contributed by atoms with Gasteiger partial charge in [-0.2, -0.15) is 4.31 Å². The molecule has 2 aliphatic rings. The van der Waals surface area contributed by atoms with E-state index in [1.807, 2.05) is 11.8 Å². The molecule has 0 unspecified atom stereocenters. The molecule has 0 bridgehead atoms. The van der Waals surface area contributed by atoms with Crippen LogP contribution in [0.3, 0.4) is 0 Å². The van der Waals surface area contributed by atoms with Gasteiger partial charge in [-0.05, 0) is 31.9 Å². The Balaban J connectivity index is 1.63. The smallest absolute Gasteiger partial charge is 0.280 e. The first-order valence-corrected chi connectivity index (χ1v) is 10.6. The van der Waals surface area contributed by atoms with E-state index in [9.17, 15) is 13.2 Å². The molecule has 2 heterocycles. The second-order valence-electron chi connectivity index (χ2n) is 6.75. The molecular weight excluding hydrogens is 362 g/mol. The van der Waals surface area contributed by atoms with Crippen molar-refractivity contribution < 1.29 is 18.1 Å². The molecule has 1 aromatic carbocycles. The van der Waals surface area contributed by atoms with Crippen LogP contribution in [0, 0.1) is 0 Å². The number of halogens is 1. The van der Waals surface area contributed by atoms with Crippen molar-refractivity contribution in [1.29, 1.82) is 0 Å². The zero-order chi connectivity index (χ0) is 18.0. The van der Waals surface area contributed by atoms with Crippen molar-refractivity contribution in [3.8, 4) is 0 Å². The van der Waals surface area contributed by atoms with Crippen molar-refractivity contribution in [2.45, 2.75) is 30.7 Å². The van der Waals surface area contributed by atoms with Crippen molar-refractivity contribution in [2.24, 2.45) is 0 Å². The molecule has 138 valence electrons. The molecule has 0 spiro atoms. The van der Waals surface area contributed by atoms with Crippen molar-refractivity contribution in [2.75, 3.05) is 39.3 Å². The molecule has 25 heavy (non-hydrogen) atoms. The average molecular weight is 387 g/mol. The van der Waals surface area contributed by atoms with Gasteiger partial charge in [-0.15, -0.1) is 0 Å². The van der Waals surface area contributed by atoms with E-state index in [2.05, 4.69) is 0 Å². The first-order valence-electron chi connectivity index (χ1n) is 8.79. The van der Waals surface area contributed by atoms with Gasteiger partial charge in [0.05, 0.1) is 31.2 Å². The Morgan fingerprint density at radius 3 is 2.32 bits per heavy atom. The van der Waals surface area contributed by atoms with Crippen LogP contribution in [0.15, 0.2) is 29.2 Å². The Morgan fingerprint density at radius 1 is 1.12 bits per heavy atom. The fourth-order valence-electron chi connectivity index (χ4n) is 3.63. The summed E-state index contributed by atoms with van der Waals surface area (Å²) in [5.41, 5.74) is 0. The lowest BCUT2D eigenvalue weighted by atomic mass is 10.2. The topological polar surface area (TPSA) is 62.1 Å². The van der Waals surface area contributed by atoms with Gasteiger partial charge in [0, 0.05) is 13.1 Å². The zero-order valence-corrected chi connectivity index (χ0v) is 16.0. The second kappa shape index (κ2) is 7.61. The number of amides is 1. The third-order valence-electron chi connectivity index (χ3n) is 5.22. The molecule has 2 aliphatic heterocycles. The summed E-state index contributed by atoms with van der Waals surface area (Å²) in [5, 5.41) is 0.245. The second-order valence-corrected chi connectivity index (χ2v) is 9.06. The summed E-state index contributed by atoms with van der Waals surface area (Å²) in [6.45, 7) is 5.72. The lowest BCUT2D eigenvalue weighted by molar-refractivity contribution is -0.918. The highest BCUT2D eigenvalue weighted by atomic mass is 35.5. The number of hydrogen-bond donors (Lipinski definition) is 1. The minimum Gasteiger partial charge on any atom is -0.338 e. The molecule has 1 amide bonds. The quantitative estimate of drug-likeness (QED) is 0.806. The molecule has 0 aliphatic carbocycles. The van der Waals surface area contributed by atoms with E-state index in [-0.39, 0.29) is 21.9 Å². The van der Waals surface area contributed by atoms with Crippen molar-refractivity contribution in [3.05, 3.63) is 29.3 Å². The van der Waals surface area contributed by atoms with Crippen molar-refractivity contribution >= 4 is 27.5 Å². The first-order chi connectivity index (χ1) is 11.9. The van der Waals surface area contributed by atoms with Gasteiger partial charge in [-0.25, -0.2) is 8.42 Å². The predicted octanol–water partition coefficient (Wildman–Crippen LogP) is 0.240. The number of carbonyl (C=O) groups excluding carboxylic acids is 1. The van der Waals surface area contributed by atoms with Gasteiger partial charge in [0.25, 0.3) is 5.91 Å². The molecule has 3 rings (SSSR count). The fraction of sp³-hybridized carbons (Fsp3) is 0.588. The van der Waals surface area contributed by atoms with E-state index >= 15 is 0 Å². The number of rotatable bonds is 4. The standard InChI is InChI=1S/C17H24ClN3O3S/c1-14(17(22)20-8-4-5-9-20)19-10-12-21(13-11-19)25(23,24)16-7-3-2-6-15(16)18/h2-3,6-7,14H,4-5,8-13H2,1H3/p+1/t14-/m0/s1. The molecule has 0 saturated carbocycles. The number of piperazine rings is 1. The fourth-order valence-corrected chi connectivity index (χ4v) is 5.56. The maximum absolute atomic E-state index is 12.8. The molecular formula is C17H25ClN3O3S+. The van der Waals surface area contributed by atoms with Crippen LogP contribution in [0.4, 0.5) is 0 Å². The van der Waals surface area contributed by atoms with Crippen LogP contribution in [-0.2, 0) is 14.8 Å². The van der Waals surface area contributed by atoms with Gasteiger partial charge >= 0.3 is 0 Å². The van der Waals surface area contributed by atoms with Crippen LogP contribution in [-0.4, -0.2) is 68.8 Å². The van der Waals surface area contributed by atoms with Crippen LogP contribution in [0.2, 0.25) is 5.02 Å². The average Bonchev–Trinajstić information content (AvgIpc) is 3.15. The van der Waals surface area contributed by atoms with Crippen LogP contribution >= 0.6 is 11.6 Å². The molecule has 1 atom stereocenters. The lowest BCUT2D eigenvalue weighted by Crippen LogP contribution is -3.19. The molecule has 8 heteroatoms. The van der Waals surface area contributed by atoms with Crippen LogP contribution in [0.25, 0.3) is 0 Å². The summed E-state index contributed by atoms with van der Waals surface area (Å²) >= 11 is 6.06. The molecule has 1 N–H and O–H groups in total. The number of sulfonamides is 1. The minimum absolute atomic E-state index is 0.122. The largest absolute Gasteiger partial charge is 0.338 e. The van der Waals surface area contributed by atoms with Gasteiger partial charge in [-0.3, -0.25) is 4.79 Å². The summed E-state index contributed by atoms with van der Waals surface area (Å²) in [6.07, 6.45) is 2.16. The van der Waals surface area contributed by atoms with Crippen LogP contribution in [0.5, 0.6) is 0 Å². The normalized spacial score (nSPS) is 21.4. The van der Waals surface area contributed by atoms with Crippen molar-refractivity contribution in [1.82, 2.24) is 9.21 Å². The van der Waals surface area contributed by atoms with E-state index in [0.717, 1.165) is 30.8 Å². The Labute approximate surface area is 154 Å². The number of nitrogens with zero attached hydrogens (tertiary/aromatic N) is 2. The Bertz CT molecular complexity index is 726. The van der Waals surface area contributed by atoms with Gasteiger partial charge in [0.15, 0.2) is 6.04 Å². The maximum Gasteiger partial charge on any atom is 0.280 e. The zero-order valence-electron chi connectivity index (χ0n) is 14.4. The van der Waals surface area contributed by atoms with Gasteiger partial charge in [0.2, 0.25) is 10.0 Å². The number of hydrogen-bond acceptors (Lipinski definition) is 3. The summed E-state index contributed by atoms with van der Waals surface area (Å²) in [6, 6.07) is 6.40. The monoisotopic (exact) mass is 386 g/mol. The highest BCUT2D eigenvalue weighted by Crippen LogP contribution is 2.24. The number of nitrogens with one attached hydrogen (secondary N) is 1. The van der Waals surface area contributed by atoms with E-state index < -0.39 is 10.0 Å². The number of benzene rings is 1. The summed E-state index contributed by atoms with van der Waals surface area (Å²) in [5.74, 6) is 0.190. The molecule has 0 radical (unpaired) electrons. The molecule has 2 saturated heterocycles. The lowest BCUT2D eigenvalue weighted by Gasteiger charge is -2.35. The molecule has 6 nitrogen and oxygen atoms in total. The Hall–Kier alpha value is -1.15. The summed E-state index contributed by atoms with van der Waals surface area (Å²) in [7, 11) is -3.59. The number of carbonyl (C=O) groups is 1. The Morgan fingerprint density at radius 2 is 1.72 bits per heavy atom. The van der Waals surface area contributed by atoms with Gasteiger partial charge < -0.3 is 9.80 Å². The first kappa shape index (κ1) is 18.6. The summed E-state index contributed by atoms with van der Waals surface area (Å²) < 4.78 is 27.0. The van der Waals surface area contributed by atoms with Gasteiger partial charge in [-0.1, -0.05) is 23.7 Å². The number of likely N-dealkylation sites (tertiary alicyclic amines) is 1. The van der Waals surface area contributed by atoms with E-state index in [1.54, 1.807) is 18.2 Å². The van der Waals surface area contributed by atoms with Crippen LogP contribution < -0.4 is 4.90 Å². The molecule has 0 aromatic heterocycles. The molecule has 2 fully saturated rings. The van der Waals surface area contributed by atoms with E-state index in [0.29, 0.717) is 26.2 Å². The predicted molar refractivity (Wildman–Crippen MR) is 96.2 cm³/mol. The Kier molecular flexibility index (Phi) is 5.68. The minimum atomic E-state index is -3.59. The van der Waals surface area contributed by atoms with E-state index in [4.69, 9.17) is 11.6 Å². The highest BCUT2D eigenvalue weighted by molar-refractivity contribution is 7.89. The maximum atomic E-state index is 12.8. The van der Waals surface area contributed by atoms with Crippen LogP contribution in [0.1, 0.15) is 19.8 Å². The summed E-state index contributed by atoms with van der Waals surface area (Å²) in [4.78, 5) is 15.8. The third kappa shape index (κ3) is 3.84. The molecule has 1 aromatic rings. The third-order valence-corrected chi connectivity index (χ3v) is 7.62. The highest BCUT2D eigenvalue weighted by Gasteiger charge is 2.36. The van der Waals surface area contributed by atoms with Gasteiger partial charge in [0.1, 0.15) is 4.90 Å².